The molecule has 0 saturated heterocycles. The second-order valence-electron chi connectivity index (χ2n) is 5.20. The van der Waals surface area contributed by atoms with Crippen molar-refractivity contribution in [1.82, 2.24) is 5.43 Å². The number of carbonyl (C=O) groups is 1. The van der Waals surface area contributed by atoms with Gasteiger partial charge in [-0.05, 0) is 28.8 Å². The zero-order valence-electron chi connectivity index (χ0n) is 12.9. The summed E-state index contributed by atoms with van der Waals surface area (Å²) >= 11 is 0. The molecule has 4 heteroatoms. The van der Waals surface area contributed by atoms with E-state index in [1.807, 2.05) is 42.5 Å². The molecule has 2 N–H and O–H groups in total. The number of hydrogen-bond acceptors (Lipinski definition) is 3. The van der Waals surface area contributed by atoms with Crippen LogP contribution in [0.5, 0.6) is 5.75 Å². The first-order valence-electron chi connectivity index (χ1n) is 7.51. The van der Waals surface area contributed by atoms with E-state index in [9.17, 15) is 9.90 Å². The Hall–Kier alpha value is -3.40. The summed E-state index contributed by atoms with van der Waals surface area (Å²) in [6.45, 7) is 0. The Balaban J connectivity index is 1.65. The van der Waals surface area contributed by atoms with Crippen molar-refractivity contribution in [3.05, 3.63) is 90.0 Å². The standard InChI is InChI=1S/C20H16N2O2/c23-19-9-5-4-8-18(19)20(24)22-21-14-15-10-12-17(13-11-15)16-6-2-1-3-7-16/h1-14,23H,(H,22,24)/b21-14-. The quantitative estimate of drug-likeness (QED) is 0.568. The van der Waals surface area contributed by atoms with E-state index in [-0.39, 0.29) is 11.3 Å². The zero-order valence-corrected chi connectivity index (χ0v) is 12.9. The highest BCUT2D eigenvalue weighted by Gasteiger charge is 2.08. The van der Waals surface area contributed by atoms with Crippen LogP contribution in [-0.4, -0.2) is 17.2 Å². The van der Waals surface area contributed by atoms with E-state index in [2.05, 4.69) is 22.7 Å². The van der Waals surface area contributed by atoms with Gasteiger partial charge in [0.2, 0.25) is 0 Å². The van der Waals surface area contributed by atoms with E-state index < -0.39 is 5.91 Å². The van der Waals surface area contributed by atoms with E-state index >= 15 is 0 Å². The molecule has 0 atom stereocenters. The van der Waals surface area contributed by atoms with Crippen molar-refractivity contribution in [3.63, 3.8) is 0 Å². The largest absolute Gasteiger partial charge is 0.507 e. The maximum Gasteiger partial charge on any atom is 0.275 e. The fourth-order valence-electron chi connectivity index (χ4n) is 2.28. The summed E-state index contributed by atoms with van der Waals surface area (Å²) in [7, 11) is 0. The Morgan fingerprint density at radius 2 is 1.46 bits per heavy atom. The summed E-state index contributed by atoms with van der Waals surface area (Å²) < 4.78 is 0. The molecule has 0 bridgehead atoms. The van der Waals surface area contributed by atoms with Gasteiger partial charge in [-0.15, -0.1) is 0 Å². The first kappa shape index (κ1) is 15.5. The second kappa shape index (κ2) is 7.24. The number of hydrogen-bond donors (Lipinski definition) is 2. The van der Waals surface area contributed by atoms with Gasteiger partial charge in [-0.1, -0.05) is 66.7 Å². The van der Waals surface area contributed by atoms with Crippen molar-refractivity contribution in [2.75, 3.05) is 0 Å². The molecular weight excluding hydrogens is 300 g/mol. The summed E-state index contributed by atoms with van der Waals surface area (Å²) in [4.78, 5) is 11.9. The molecule has 1 amide bonds. The zero-order chi connectivity index (χ0) is 16.8. The lowest BCUT2D eigenvalue weighted by Crippen LogP contribution is -2.17. The lowest BCUT2D eigenvalue weighted by molar-refractivity contribution is 0.0952. The summed E-state index contributed by atoms with van der Waals surface area (Å²) in [5.41, 5.74) is 5.73. The van der Waals surface area contributed by atoms with Gasteiger partial charge < -0.3 is 5.11 Å². The predicted molar refractivity (Wildman–Crippen MR) is 95.0 cm³/mol. The van der Waals surface area contributed by atoms with Crippen molar-refractivity contribution >= 4 is 12.1 Å². The summed E-state index contributed by atoms with van der Waals surface area (Å²) in [6.07, 6.45) is 1.56. The number of aromatic hydroxyl groups is 1. The number of phenolic OH excluding ortho intramolecular Hbond substituents is 1. The molecule has 0 aliphatic rings. The first-order valence-corrected chi connectivity index (χ1v) is 7.51. The number of benzene rings is 3. The lowest BCUT2D eigenvalue weighted by Gasteiger charge is -2.03. The molecule has 0 saturated carbocycles. The van der Waals surface area contributed by atoms with Crippen molar-refractivity contribution in [3.8, 4) is 16.9 Å². The molecule has 0 aromatic heterocycles. The van der Waals surface area contributed by atoms with Gasteiger partial charge in [-0.3, -0.25) is 4.79 Å². The summed E-state index contributed by atoms with van der Waals surface area (Å²) in [5.74, 6) is -0.525. The number of hydrazone groups is 1. The Bertz CT molecular complexity index is 856. The van der Waals surface area contributed by atoms with Gasteiger partial charge in [0, 0.05) is 0 Å². The number of carbonyl (C=O) groups excluding carboxylic acids is 1. The van der Waals surface area contributed by atoms with E-state index in [0.717, 1.165) is 16.7 Å². The minimum Gasteiger partial charge on any atom is -0.507 e. The van der Waals surface area contributed by atoms with Crippen LogP contribution in [0.2, 0.25) is 0 Å². The molecule has 0 aliphatic heterocycles. The Morgan fingerprint density at radius 3 is 2.17 bits per heavy atom. The van der Waals surface area contributed by atoms with Gasteiger partial charge >= 0.3 is 0 Å². The van der Waals surface area contributed by atoms with Crippen LogP contribution in [0.25, 0.3) is 11.1 Å². The van der Waals surface area contributed by atoms with Crippen LogP contribution < -0.4 is 5.43 Å². The minimum absolute atomic E-state index is 0.0718. The average Bonchev–Trinajstić information content (AvgIpc) is 2.63. The second-order valence-corrected chi connectivity index (χ2v) is 5.20. The molecule has 0 heterocycles. The normalized spacial score (nSPS) is 10.7. The van der Waals surface area contributed by atoms with Crippen molar-refractivity contribution in [2.24, 2.45) is 5.10 Å². The smallest absolute Gasteiger partial charge is 0.275 e. The molecule has 3 rings (SSSR count). The van der Waals surface area contributed by atoms with Gasteiger partial charge in [0.1, 0.15) is 5.75 Å². The Kier molecular flexibility index (Phi) is 4.68. The molecular formula is C20H16N2O2. The Morgan fingerprint density at radius 1 is 0.833 bits per heavy atom. The summed E-state index contributed by atoms with van der Waals surface area (Å²) in [5, 5.41) is 13.5. The van der Waals surface area contributed by atoms with Gasteiger partial charge in [0.15, 0.2) is 0 Å². The SMILES string of the molecule is O=C(N/N=C\c1ccc(-c2ccccc2)cc1)c1ccccc1O. The van der Waals surface area contributed by atoms with Crippen LogP contribution in [-0.2, 0) is 0 Å². The third kappa shape index (κ3) is 3.67. The van der Waals surface area contributed by atoms with Crippen LogP contribution >= 0.6 is 0 Å². The number of nitrogens with zero attached hydrogens (tertiary/aromatic N) is 1. The van der Waals surface area contributed by atoms with Gasteiger partial charge in [0.25, 0.3) is 5.91 Å². The molecule has 0 aliphatic carbocycles. The third-order valence-electron chi connectivity index (χ3n) is 3.55. The number of amides is 1. The monoisotopic (exact) mass is 316 g/mol. The average molecular weight is 316 g/mol. The van der Waals surface area contributed by atoms with Gasteiger partial charge in [-0.25, -0.2) is 5.43 Å². The van der Waals surface area contributed by atoms with E-state index in [0.29, 0.717) is 0 Å². The summed E-state index contributed by atoms with van der Waals surface area (Å²) in [6, 6.07) is 24.3. The molecule has 4 nitrogen and oxygen atoms in total. The van der Waals surface area contributed by atoms with Crippen LogP contribution in [0.3, 0.4) is 0 Å². The molecule has 3 aromatic rings. The van der Waals surface area contributed by atoms with Crippen molar-refractivity contribution in [2.45, 2.75) is 0 Å². The number of rotatable bonds is 4. The van der Waals surface area contributed by atoms with E-state index in [1.54, 1.807) is 18.3 Å². The molecule has 3 aromatic carbocycles. The highest BCUT2D eigenvalue weighted by atomic mass is 16.3. The molecule has 0 radical (unpaired) electrons. The minimum atomic E-state index is -0.453. The van der Waals surface area contributed by atoms with Gasteiger partial charge in [-0.2, -0.15) is 5.10 Å². The first-order chi connectivity index (χ1) is 11.7. The van der Waals surface area contributed by atoms with Crippen LogP contribution in [0, 0.1) is 0 Å². The van der Waals surface area contributed by atoms with Crippen molar-refractivity contribution < 1.29 is 9.90 Å². The maximum atomic E-state index is 11.9. The maximum absolute atomic E-state index is 11.9. The number of nitrogens with one attached hydrogen (secondary N) is 1. The van der Waals surface area contributed by atoms with Crippen LogP contribution in [0.15, 0.2) is 84.0 Å². The van der Waals surface area contributed by atoms with Gasteiger partial charge in [0.05, 0.1) is 11.8 Å². The number of para-hydroxylation sites is 1. The molecule has 0 unspecified atom stereocenters. The molecule has 118 valence electrons. The van der Waals surface area contributed by atoms with Crippen LogP contribution in [0.4, 0.5) is 0 Å². The van der Waals surface area contributed by atoms with Crippen molar-refractivity contribution in [1.29, 1.82) is 0 Å². The predicted octanol–water partition coefficient (Wildman–Crippen LogP) is 3.82. The fourth-order valence-corrected chi connectivity index (χ4v) is 2.28. The van der Waals surface area contributed by atoms with E-state index in [4.69, 9.17) is 0 Å². The highest BCUT2D eigenvalue weighted by molar-refractivity contribution is 5.97. The Labute approximate surface area is 140 Å². The van der Waals surface area contributed by atoms with E-state index in [1.165, 1.54) is 12.1 Å². The fraction of sp³-hybridized carbons (Fsp3) is 0. The third-order valence-corrected chi connectivity index (χ3v) is 3.55. The topological polar surface area (TPSA) is 61.7 Å². The number of phenols is 1. The molecule has 0 spiro atoms. The van der Waals surface area contributed by atoms with Crippen LogP contribution in [0.1, 0.15) is 15.9 Å². The highest BCUT2D eigenvalue weighted by Crippen LogP contribution is 2.18. The lowest BCUT2D eigenvalue weighted by atomic mass is 10.0. The molecule has 0 fully saturated rings. The molecule has 24 heavy (non-hydrogen) atoms.